The Hall–Kier alpha value is -2.14. The lowest BCUT2D eigenvalue weighted by atomic mass is 10.2. The Morgan fingerprint density at radius 1 is 1.32 bits per heavy atom. The van der Waals surface area contributed by atoms with Crippen molar-refractivity contribution in [3.63, 3.8) is 0 Å². The zero-order valence-electron chi connectivity index (χ0n) is 10.5. The summed E-state index contributed by atoms with van der Waals surface area (Å²) in [5, 5.41) is 9.00. The molecular weight excluding hydrogens is 248 g/mol. The molecule has 1 rings (SSSR count). The molecule has 5 heteroatoms. The van der Waals surface area contributed by atoms with Gasteiger partial charge in [-0.3, -0.25) is 0 Å². The topological polar surface area (TPSA) is 72.8 Å². The molecule has 0 aliphatic rings. The molecular formula is C14H16O5. The van der Waals surface area contributed by atoms with Gasteiger partial charge in [0.25, 0.3) is 0 Å². The number of carbonyl (C=O) groups excluding carboxylic acids is 2. The maximum Gasteiger partial charge on any atom is 0.338 e. The highest BCUT2D eigenvalue weighted by molar-refractivity contribution is 5.89. The Morgan fingerprint density at radius 2 is 2.00 bits per heavy atom. The monoisotopic (exact) mass is 264 g/mol. The molecule has 5 nitrogen and oxygen atoms in total. The van der Waals surface area contributed by atoms with Crippen LogP contribution in [0, 0.1) is 0 Å². The van der Waals surface area contributed by atoms with Crippen molar-refractivity contribution >= 4 is 11.9 Å². The van der Waals surface area contributed by atoms with E-state index in [0.29, 0.717) is 5.56 Å². The van der Waals surface area contributed by atoms with Crippen LogP contribution in [0.5, 0.6) is 0 Å². The second-order valence-corrected chi connectivity index (χ2v) is 3.74. The van der Waals surface area contributed by atoms with Gasteiger partial charge in [-0.2, -0.15) is 0 Å². The summed E-state index contributed by atoms with van der Waals surface area (Å²) < 4.78 is 9.85. The fourth-order valence-corrected chi connectivity index (χ4v) is 1.34. The van der Waals surface area contributed by atoms with Crippen molar-refractivity contribution < 1.29 is 24.2 Å². The molecule has 0 amide bonds. The molecule has 102 valence electrons. The Labute approximate surface area is 111 Å². The van der Waals surface area contributed by atoms with Gasteiger partial charge in [-0.25, -0.2) is 9.59 Å². The first-order valence-electron chi connectivity index (χ1n) is 5.83. The van der Waals surface area contributed by atoms with Crippen LogP contribution in [0.3, 0.4) is 0 Å². The second-order valence-electron chi connectivity index (χ2n) is 3.74. The molecule has 0 aliphatic carbocycles. The van der Waals surface area contributed by atoms with Crippen LogP contribution in [0.25, 0.3) is 0 Å². The fraction of sp³-hybridized carbons (Fsp3) is 0.286. The van der Waals surface area contributed by atoms with Gasteiger partial charge in [0.2, 0.25) is 0 Å². The van der Waals surface area contributed by atoms with Gasteiger partial charge in [0, 0.05) is 12.5 Å². The summed E-state index contributed by atoms with van der Waals surface area (Å²) in [6, 6.07) is 8.55. The number of rotatable bonds is 7. The highest BCUT2D eigenvalue weighted by atomic mass is 16.6. The molecule has 0 heterocycles. The van der Waals surface area contributed by atoms with Gasteiger partial charge in [0.05, 0.1) is 18.8 Å². The SMILES string of the molecule is C=CC(=O)OC(CO)CCOC(=O)c1ccccc1. The maximum atomic E-state index is 11.6. The zero-order chi connectivity index (χ0) is 14.1. The van der Waals surface area contributed by atoms with E-state index >= 15 is 0 Å². The molecule has 0 saturated carbocycles. The minimum atomic E-state index is -0.700. The Bertz CT molecular complexity index is 427. The molecule has 1 unspecified atom stereocenters. The summed E-state index contributed by atoms with van der Waals surface area (Å²) in [6.07, 6.45) is 0.543. The Balaban J connectivity index is 2.34. The highest BCUT2D eigenvalue weighted by Crippen LogP contribution is 2.04. The van der Waals surface area contributed by atoms with Gasteiger partial charge in [0.15, 0.2) is 0 Å². The van der Waals surface area contributed by atoms with E-state index in [1.54, 1.807) is 30.3 Å². The van der Waals surface area contributed by atoms with Crippen molar-refractivity contribution in [1.29, 1.82) is 0 Å². The number of esters is 2. The fourth-order valence-electron chi connectivity index (χ4n) is 1.34. The average Bonchev–Trinajstić information content (AvgIpc) is 2.46. The first-order valence-corrected chi connectivity index (χ1v) is 5.83. The maximum absolute atomic E-state index is 11.6. The lowest BCUT2D eigenvalue weighted by Crippen LogP contribution is -2.23. The van der Waals surface area contributed by atoms with Gasteiger partial charge in [-0.05, 0) is 12.1 Å². The Morgan fingerprint density at radius 3 is 2.58 bits per heavy atom. The third-order valence-electron chi connectivity index (χ3n) is 2.34. The van der Waals surface area contributed by atoms with Crippen LogP contribution in [-0.4, -0.2) is 36.4 Å². The third-order valence-corrected chi connectivity index (χ3v) is 2.34. The first kappa shape index (κ1) is 14.9. The lowest BCUT2D eigenvalue weighted by molar-refractivity contribution is -0.145. The number of carbonyl (C=O) groups is 2. The quantitative estimate of drug-likeness (QED) is 0.594. The van der Waals surface area contributed by atoms with E-state index in [2.05, 4.69) is 6.58 Å². The van der Waals surface area contributed by atoms with Crippen molar-refractivity contribution in [3.8, 4) is 0 Å². The number of hydrogen-bond donors (Lipinski definition) is 1. The van der Waals surface area contributed by atoms with Crippen LogP contribution in [-0.2, 0) is 14.3 Å². The number of aliphatic hydroxyl groups excluding tert-OH is 1. The van der Waals surface area contributed by atoms with E-state index in [-0.39, 0.29) is 19.6 Å². The van der Waals surface area contributed by atoms with E-state index in [1.807, 2.05) is 0 Å². The minimum Gasteiger partial charge on any atom is -0.462 e. The third kappa shape index (κ3) is 5.35. The summed E-state index contributed by atoms with van der Waals surface area (Å²) in [5.74, 6) is -1.07. The number of aliphatic hydroxyl groups is 1. The molecule has 0 spiro atoms. The van der Waals surface area contributed by atoms with Crippen LogP contribution in [0.4, 0.5) is 0 Å². The van der Waals surface area contributed by atoms with Crippen LogP contribution in [0.1, 0.15) is 16.8 Å². The van der Waals surface area contributed by atoms with Crippen molar-refractivity contribution in [3.05, 3.63) is 48.6 Å². The van der Waals surface area contributed by atoms with Crippen molar-refractivity contribution in [2.24, 2.45) is 0 Å². The summed E-state index contributed by atoms with van der Waals surface area (Å²) in [6.45, 7) is 2.98. The average molecular weight is 264 g/mol. The summed E-state index contributed by atoms with van der Waals surface area (Å²) in [5.41, 5.74) is 0.450. The predicted octanol–water partition coefficient (Wildman–Crippen LogP) is 1.32. The van der Waals surface area contributed by atoms with Gasteiger partial charge in [-0.15, -0.1) is 0 Å². The van der Waals surface area contributed by atoms with E-state index in [4.69, 9.17) is 14.6 Å². The van der Waals surface area contributed by atoms with Gasteiger partial charge in [0.1, 0.15) is 6.10 Å². The van der Waals surface area contributed by atoms with Crippen LogP contribution in [0.15, 0.2) is 43.0 Å². The summed E-state index contributed by atoms with van der Waals surface area (Å²) in [7, 11) is 0. The number of ether oxygens (including phenoxy) is 2. The second kappa shape index (κ2) is 8.05. The molecule has 1 aromatic rings. The molecule has 0 radical (unpaired) electrons. The molecule has 0 aromatic heterocycles. The van der Waals surface area contributed by atoms with Crippen LogP contribution < -0.4 is 0 Å². The van der Waals surface area contributed by atoms with Gasteiger partial charge >= 0.3 is 11.9 Å². The standard InChI is InChI=1S/C14H16O5/c1-2-13(16)19-12(10-15)8-9-18-14(17)11-6-4-3-5-7-11/h2-7,12,15H,1,8-10H2. The van der Waals surface area contributed by atoms with Crippen molar-refractivity contribution in [1.82, 2.24) is 0 Å². The lowest BCUT2D eigenvalue weighted by Gasteiger charge is -2.14. The van der Waals surface area contributed by atoms with E-state index in [0.717, 1.165) is 6.08 Å². The number of benzene rings is 1. The molecule has 1 atom stereocenters. The molecule has 0 fully saturated rings. The summed E-state index contributed by atoms with van der Waals surface area (Å²) >= 11 is 0. The van der Waals surface area contributed by atoms with Crippen LogP contribution >= 0.6 is 0 Å². The van der Waals surface area contributed by atoms with E-state index in [9.17, 15) is 9.59 Å². The number of hydrogen-bond acceptors (Lipinski definition) is 5. The summed E-state index contributed by atoms with van der Waals surface area (Å²) in [4.78, 5) is 22.5. The molecule has 0 bridgehead atoms. The molecule has 1 aromatic carbocycles. The first-order chi connectivity index (χ1) is 9.17. The van der Waals surface area contributed by atoms with Gasteiger partial charge in [-0.1, -0.05) is 24.8 Å². The van der Waals surface area contributed by atoms with E-state index < -0.39 is 18.0 Å². The van der Waals surface area contributed by atoms with Gasteiger partial charge < -0.3 is 14.6 Å². The van der Waals surface area contributed by atoms with E-state index in [1.165, 1.54) is 0 Å². The van der Waals surface area contributed by atoms with Crippen molar-refractivity contribution in [2.45, 2.75) is 12.5 Å². The predicted molar refractivity (Wildman–Crippen MR) is 68.5 cm³/mol. The van der Waals surface area contributed by atoms with Crippen LogP contribution in [0.2, 0.25) is 0 Å². The molecule has 0 aliphatic heterocycles. The minimum absolute atomic E-state index is 0.0589. The Kier molecular flexibility index (Phi) is 6.32. The zero-order valence-corrected chi connectivity index (χ0v) is 10.5. The molecule has 19 heavy (non-hydrogen) atoms. The highest BCUT2D eigenvalue weighted by Gasteiger charge is 2.13. The largest absolute Gasteiger partial charge is 0.462 e. The smallest absolute Gasteiger partial charge is 0.338 e. The van der Waals surface area contributed by atoms with Crippen molar-refractivity contribution in [2.75, 3.05) is 13.2 Å². The molecule has 1 N–H and O–H groups in total. The molecule has 0 saturated heterocycles. The normalized spacial score (nSPS) is 11.4.